The van der Waals surface area contributed by atoms with Gasteiger partial charge in [-0.25, -0.2) is 4.99 Å². The number of ether oxygens (including phenoxy) is 1. The van der Waals surface area contributed by atoms with Crippen LogP contribution < -0.4 is 15.4 Å². The van der Waals surface area contributed by atoms with Crippen molar-refractivity contribution in [3.05, 3.63) is 28.2 Å². The highest BCUT2D eigenvalue weighted by atomic mass is 127. The van der Waals surface area contributed by atoms with E-state index in [4.69, 9.17) is 9.73 Å². The SMILES string of the molecule is CCNC(=NCc1ccc(OC)c(Br)c1)NCC1(CCO)CCCCC1.I. The molecule has 1 aromatic carbocycles. The van der Waals surface area contributed by atoms with Crippen LogP contribution >= 0.6 is 39.9 Å². The molecule has 1 aliphatic carbocycles. The van der Waals surface area contributed by atoms with Crippen LogP contribution in [0, 0.1) is 5.41 Å². The standard InChI is InChI=1S/C20H32BrN3O2.HI/c1-3-22-19(23-14-16-7-8-18(26-2)17(21)13-16)24-15-20(11-12-25)9-5-4-6-10-20;/h7-8,13,25H,3-6,9-12,14-15H2,1-2H3,(H2,22,23,24);1H. The maximum Gasteiger partial charge on any atom is 0.191 e. The normalized spacial score (nSPS) is 16.4. The maximum absolute atomic E-state index is 9.48. The summed E-state index contributed by atoms with van der Waals surface area (Å²) >= 11 is 3.52. The summed E-state index contributed by atoms with van der Waals surface area (Å²) in [7, 11) is 1.67. The zero-order valence-electron chi connectivity index (χ0n) is 16.4. The van der Waals surface area contributed by atoms with Crippen LogP contribution in [0.4, 0.5) is 0 Å². The minimum Gasteiger partial charge on any atom is -0.496 e. The summed E-state index contributed by atoms with van der Waals surface area (Å²) in [6, 6.07) is 6.03. The zero-order valence-corrected chi connectivity index (χ0v) is 20.3. The average Bonchev–Trinajstić information content (AvgIpc) is 2.65. The van der Waals surface area contributed by atoms with Gasteiger partial charge in [-0.3, -0.25) is 0 Å². The van der Waals surface area contributed by atoms with Crippen LogP contribution in [0.25, 0.3) is 0 Å². The molecule has 5 nitrogen and oxygen atoms in total. The molecule has 0 aliphatic heterocycles. The lowest BCUT2D eigenvalue weighted by molar-refractivity contribution is 0.131. The number of benzene rings is 1. The van der Waals surface area contributed by atoms with Crippen molar-refractivity contribution in [2.45, 2.75) is 52.0 Å². The smallest absolute Gasteiger partial charge is 0.191 e. The number of guanidine groups is 1. The summed E-state index contributed by atoms with van der Waals surface area (Å²) in [6.07, 6.45) is 7.07. The molecule has 154 valence electrons. The third kappa shape index (κ3) is 7.77. The number of rotatable bonds is 8. The van der Waals surface area contributed by atoms with Crippen molar-refractivity contribution < 1.29 is 9.84 Å². The van der Waals surface area contributed by atoms with E-state index in [1.807, 2.05) is 18.2 Å². The van der Waals surface area contributed by atoms with Crippen LogP contribution in [0.3, 0.4) is 0 Å². The Bertz CT molecular complexity index is 587. The van der Waals surface area contributed by atoms with Crippen molar-refractivity contribution in [3.8, 4) is 5.75 Å². The van der Waals surface area contributed by atoms with Crippen LogP contribution in [0.2, 0.25) is 0 Å². The molecule has 0 atom stereocenters. The Kier molecular flexibility index (Phi) is 11.6. The number of methoxy groups -OCH3 is 1. The molecule has 2 rings (SSSR count). The molecule has 0 aromatic heterocycles. The first-order valence-corrected chi connectivity index (χ1v) is 10.4. The van der Waals surface area contributed by atoms with Crippen molar-refractivity contribution in [2.24, 2.45) is 10.4 Å². The lowest BCUT2D eigenvalue weighted by atomic mass is 9.72. The van der Waals surface area contributed by atoms with E-state index in [2.05, 4.69) is 33.5 Å². The molecule has 0 saturated heterocycles. The quantitative estimate of drug-likeness (QED) is 0.252. The highest BCUT2D eigenvalue weighted by Gasteiger charge is 2.31. The molecule has 0 unspecified atom stereocenters. The molecule has 0 heterocycles. The predicted octanol–water partition coefficient (Wildman–Crippen LogP) is 4.46. The topological polar surface area (TPSA) is 65.9 Å². The second-order valence-corrected chi connectivity index (χ2v) is 7.91. The largest absolute Gasteiger partial charge is 0.496 e. The van der Waals surface area contributed by atoms with Gasteiger partial charge in [-0.05, 0) is 65.2 Å². The first-order chi connectivity index (χ1) is 12.6. The predicted molar refractivity (Wildman–Crippen MR) is 126 cm³/mol. The molecule has 27 heavy (non-hydrogen) atoms. The van der Waals surface area contributed by atoms with Gasteiger partial charge in [0.15, 0.2) is 5.96 Å². The van der Waals surface area contributed by atoms with Gasteiger partial charge >= 0.3 is 0 Å². The molecule has 7 heteroatoms. The Labute approximate surface area is 188 Å². The summed E-state index contributed by atoms with van der Waals surface area (Å²) in [4.78, 5) is 4.73. The molecule has 3 N–H and O–H groups in total. The second-order valence-electron chi connectivity index (χ2n) is 7.05. The number of halogens is 2. The molecular weight excluding hydrogens is 521 g/mol. The minimum atomic E-state index is 0. The summed E-state index contributed by atoms with van der Waals surface area (Å²) < 4.78 is 6.22. The average molecular weight is 554 g/mol. The molecule has 0 spiro atoms. The minimum absolute atomic E-state index is 0. The molecular formula is C20H33BrIN3O2. The van der Waals surface area contributed by atoms with E-state index in [-0.39, 0.29) is 36.0 Å². The van der Waals surface area contributed by atoms with Gasteiger partial charge in [-0.1, -0.05) is 25.3 Å². The molecule has 1 saturated carbocycles. The molecule has 0 bridgehead atoms. The molecule has 1 aromatic rings. The van der Waals surface area contributed by atoms with Gasteiger partial charge in [-0.2, -0.15) is 0 Å². The molecule has 0 amide bonds. The third-order valence-corrected chi connectivity index (χ3v) is 5.79. The van der Waals surface area contributed by atoms with Crippen molar-refractivity contribution in [2.75, 3.05) is 26.8 Å². The van der Waals surface area contributed by atoms with E-state index in [1.54, 1.807) is 7.11 Å². The highest BCUT2D eigenvalue weighted by molar-refractivity contribution is 14.0. The Morgan fingerprint density at radius 1 is 1.26 bits per heavy atom. The summed E-state index contributed by atoms with van der Waals surface area (Å²) in [5.41, 5.74) is 1.32. The van der Waals surface area contributed by atoms with E-state index >= 15 is 0 Å². The van der Waals surface area contributed by atoms with E-state index in [0.29, 0.717) is 6.54 Å². The van der Waals surface area contributed by atoms with Crippen LogP contribution in [-0.4, -0.2) is 37.9 Å². The van der Waals surface area contributed by atoms with Crippen molar-refractivity contribution in [1.29, 1.82) is 0 Å². The second kappa shape index (κ2) is 12.8. The van der Waals surface area contributed by atoms with Crippen molar-refractivity contribution in [1.82, 2.24) is 10.6 Å². The lowest BCUT2D eigenvalue weighted by Crippen LogP contribution is -2.44. The summed E-state index contributed by atoms with van der Waals surface area (Å²) in [5.74, 6) is 1.66. The number of aliphatic hydroxyl groups is 1. The van der Waals surface area contributed by atoms with E-state index in [1.165, 1.54) is 32.1 Å². The number of aliphatic imine (C=N–C) groups is 1. The number of hydrogen-bond donors (Lipinski definition) is 3. The summed E-state index contributed by atoms with van der Waals surface area (Å²) in [6.45, 7) is 4.63. The Hall–Kier alpha value is -0.540. The number of aliphatic hydroxyl groups excluding tert-OH is 1. The van der Waals surface area contributed by atoms with E-state index in [0.717, 1.165) is 41.3 Å². The molecule has 1 aliphatic rings. The number of hydrogen-bond acceptors (Lipinski definition) is 3. The van der Waals surface area contributed by atoms with Gasteiger partial charge in [-0.15, -0.1) is 24.0 Å². The van der Waals surface area contributed by atoms with Gasteiger partial charge in [0.05, 0.1) is 18.1 Å². The first kappa shape index (κ1) is 24.5. The number of nitrogens with zero attached hydrogens (tertiary/aromatic N) is 1. The Balaban J connectivity index is 0.00000364. The van der Waals surface area contributed by atoms with Gasteiger partial charge < -0.3 is 20.5 Å². The highest BCUT2D eigenvalue weighted by Crippen LogP contribution is 2.38. The fraction of sp³-hybridized carbons (Fsp3) is 0.650. The Morgan fingerprint density at radius 3 is 2.59 bits per heavy atom. The van der Waals surface area contributed by atoms with E-state index < -0.39 is 0 Å². The monoisotopic (exact) mass is 553 g/mol. The molecule has 0 radical (unpaired) electrons. The van der Waals surface area contributed by atoms with E-state index in [9.17, 15) is 5.11 Å². The van der Waals surface area contributed by atoms with Gasteiger partial charge in [0, 0.05) is 19.7 Å². The fourth-order valence-corrected chi connectivity index (χ4v) is 4.23. The lowest BCUT2D eigenvalue weighted by Gasteiger charge is -2.37. The summed E-state index contributed by atoms with van der Waals surface area (Å²) in [5, 5.41) is 16.3. The van der Waals surface area contributed by atoms with Crippen LogP contribution in [-0.2, 0) is 6.54 Å². The van der Waals surface area contributed by atoms with Gasteiger partial charge in [0.25, 0.3) is 0 Å². The maximum atomic E-state index is 9.48. The number of nitrogens with one attached hydrogen (secondary N) is 2. The van der Waals surface area contributed by atoms with Crippen LogP contribution in [0.5, 0.6) is 5.75 Å². The van der Waals surface area contributed by atoms with Gasteiger partial charge in [0.2, 0.25) is 0 Å². The van der Waals surface area contributed by atoms with Crippen LogP contribution in [0.1, 0.15) is 51.0 Å². The zero-order chi connectivity index (χ0) is 18.8. The van der Waals surface area contributed by atoms with Gasteiger partial charge in [0.1, 0.15) is 5.75 Å². The third-order valence-electron chi connectivity index (χ3n) is 5.17. The Morgan fingerprint density at radius 2 is 2.00 bits per heavy atom. The van der Waals surface area contributed by atoms with Crippen molar-refractivity contribution >= 4 is 45.9 Å². The van der Waals surface area contributed by atoms with Crippen molar-refractivity contribution in [3.63, 3.8) is 0 Å². The molecule has 1 fully saturated rings. The fourth-order valence-electron chi connectivity index (χ4n) is 3.65. The van der Waals surface area contributed by atoms with Crippen LogP contribution in [0.15, 0.2) is 27.7 Å². The first-order valence-electron chi connectivity index (χ1n) is 9.58.